The number of hydrogen-bond donors (Lipinski definition) is 0. The van der Waals surface area contributed by atoms with Crippen molar-refractivity contribution in [3.8, 4) is 0 Å². The second kappa shape index (κ2) is 12.2. The number of benzene rings is 6. The Balaban J connectivity index is 1.67. The van der Waals surface area contributed by atoms with E-state index in [0.29, 0.717) is 7.35 Å². The summed E-state index contributed by atoms with van der Waals surface area (Å²) in [7, 11) is 0. The van der Waals surface area contributed by atoms with Gasteiger partial charge in [-0.25, -0.2) is 0 Å². The standard InChI is InChI=1S/C12H10Si.2C9H7.2C7H7.Hf/c1-3-7-11(8-4-1)13-12-9-5-2-6-10-12;2*1-2-5-9-7-3-6-8(9)4-1;2*1-7-5-3-2-4-6-7;/h1-10H;2*1-7H;2*2-6H,1H2;. The molecule has 0 saturated heterocycles. The first-order valence-electron chi connectivity index (χ1n) is 16.5. The van der Waals surface area contributed by atoms with Gasteiger partial charge < -0.3 is 0 Å². The summed E-state index contributed by atoms with van der Waals surface area (Å²) in [6, 6.07) is 65.2. The molecule has 2 atom stereocenters. The second-order valence-electron chi connectivity index (χ2n) is 13.2. The molecule has 0 heterocycles. The maximum atomic E-state index is 2.68. The molecule has 6 aromatic carbocycles. The molecule has 0 amide bonds. The van der Waals surface area contributed by atoms with E-state index in [1.165, 1.54) is 33.4 Å². The third kappa shape index (κ3) is 4.82. The summed E-state index contributed by atoms with van der Waals surface area (Å²) in [5.74, 6) is 0. The first-order valence-corrected chi connectivity index (χ1v) is 32.6. The van der Waals surface area contributed by atoms with Crippen LogP contribution in [0.3, 0.4) is 0 Å². The third-order valence-electron chi connectivity index (χ3n) is 10.8. The normalized spacial score (nSPS) is 16.6. The Labute approximate surface area is 274 Å². The van der Waals surface area contributed by atoms with Gasteiger partial charge in [-0.05, 0) is 0 Å². The van der Waals surface area contributed by atoms with Crippen molar-refractivity contribution in [3.05, 3.63) is 215 Å². The molecule has 0 aromatic heterocycles. The van der Waals surface area contributed by atoms with Crippen LogP contribution in [-0.2, 0) is 25.5 Å². The van der Waals surface area contributed by atoms with Gasteiger partial charge in [0.15, 0.2) is 0 Å². The van der Waals surface area contributed by atoms with Crippen molar-refractivity contribution in [2.75, 3.05) is 0 Å². The third-order valence-corrected chi connectivity index (χ3v) is 65.7. The van der Waals surface area contributed by atoms with E-state index in [1.54, 1.807) is 10.4 Å². The fourth-order valence-electron chi connectivity index (χ4n) is 9.21. The minimum atomic E-state index is -4.86. The van der Waals surface area contributed by atoms with Gasteiger partial charge in [0, 0.05) is 0 Å². The summed E-state index contributed by atoms with van der Waals surface area (Å²) in [6.07, 6.45) is 10.3. The molecule has 2 heteroatoms. The van der Waals surface area contributed by atoms with Gasteiger partial charge in [-0.2, -0.15) is 0 Å². The van der Waals surface area contributed by atoms with Crippen molar-refractivity contribution in [3.63, 3.8) is 0 Å². The number of rotatable bonds is 8. The van der Waals surface area contributed by atoms with Crippen LogP contribution in [0.4, 0.5) is 0 Å². The zero-order chi connectivity index (χ0) is 30.8. The van der Waals surface area contributed by atoms with Crippen molar-refractivity contribution in [1.82, 2.24) is 0 Å². The topological polar surface area (TPSA) is 0 Å². The van der Waals surface area contributed by atoms with Gasteiger partial charge >= 0.3 is 276 Å². The molecule has 0 N–H and O–H groups in total. The van der Waals surface area contributed by atoms with Crippen molar-refractivity contribution in [1.29, 1.82) is 0 Å². The van der Waals surface area contributed by atoms with Crippen LogP contribution < -0.4 is 10.4 Å². The molecule has 0 bridgehead atoms. The predicted molar refractivity (Wildman–Crippen MR) is 195 cm³/mol. The molecule has 0 aliphatic heterocycles. The number of hydrogen-bond acceptors (Lipinski definition) is 0. The molecule has 2 unspecified atom stereocenters. The van der Waals surface area contributed by atoms with Gasteiger partial charge in [0.05, 0.1) is 0 Å². The molecular weight excluding hydrogens is 735 g/mol. The summed E-state index contributed by atoms with van der Waals surface area (Å²) in [6.45, 7) is 0. The molecule has 0 radical (unpaired) electrons. The van der Waals surface area contributed by atoms with E-state index in [4.69, 9.17) is 0 Å². The van der Waals surface area contributed by atoms with Gasteiger partial charge in [-0.15, -0.1) is 0 Å². The molecule has 2 aliphatic carbocycles. The summed E-state index contributed by atoms with van der Waals surface area (Å²) in [5.41, 5.74) is 7.46. The van der Waals surface area contributed by atoms with Crippen LogP contribution >= 0.6 is 0 Å². The molecule has 0 fully saturated rings. The molecule has 8 rings (SSSR count). The zero-order valence-electron chi connectivity index (χ0n) is 26.0. The quantitative estimate of drug-likeness (QED) is 0.135. The Hall–Kier alpha value is -4.11. The van der Waals surface area contributed by atoms with Gasteiger partial charge in [0.25, 0.3) is 0 Å². The van der Waals surface area contributed by atoms with Crippen LogP contribution in [0.15, 0.2) is 182 Å². The zero-order valence-corrected chi connectivity index (χ0v) is 30.6. The van der Waals surface area contributed by atoms with E-state index in [-0.39, 0.29) is 0 Å². The Morgan fingerprint density at radius 3 is 1.15 bits per heavy atom. The Morgan fingerprint density at radius 2 is 0.739 bits per heavy atom. The van der Waals surface area contributed by atoms with E-state index in [1.807, 2.05) is 0 Å². The first kappa shape index (κ1) is 29.3. The monoisotopic (exact) mass is 774 g/mol. The summed E-state index contributed by atoms with van der Waals surface area (Å²) in [5, 5.41) is 3.10. The predicted octanol–water partition coefficient (Wildman–Crippen LogP) is 9.42. The fourth-order valence-corrected chi connectivity index (χ4v) is 75.8. The van der Waals surface area contributed by atoms with Crippen molar-refractivity contribution < 1.29 is 17.1 Å². The van der Waals surface area contributed by atoms with Crippen LogP contribution in [0.1, 0.15) is 40.7 Å². The van der Waals surface area contributed by atoms with E-state index in [2.05, 4.69) is 194 Å². The molecule has 222 valence electrons. The van der Waals surface area contributed by atoms with E-state index >= 15 is 0 Å². The Kier molecular flexibility index (Phi) is 7.80. The van der Waals surface area contributed by atoms with Crippen molar-refractivity contribution in [2.45, 2.75) is 15.7 Å². The van der Waals surface area contributed by atoms with Crippen molar-refractivity contribution >= 4 is 28.0 Å². The molecule has 6 aromatic rings. The van der Waals surface area contributed by atoms with E-state index in [0.717, 1.165) is 8.35 Å². The second-order valence-corrected chi connectivity index (χ2v) is 51.5. The molecular formula is C44H38HfSi. The Morgan fingerprint density at radius 1 is 0.391 bits per heavy atom. The van der Waals surface area contributed by atoms with Crippen LogP contribution in [0.5, 0.6) is 0 Å². The first-order chi connectivity index (χ1) is 22.8. The molecule has 0 spiro atoms. The molecule has 0 saturated carbocycles. The molecule has 46 heavy (non-hydrogen) atoms. The maximum absolute atomic E-state index is 4.86. The number of fused-ring (bicyclic) bond motifs is 2. The number of allylic oxidation sites excluding steroid dienone is 2. The van der Waals surface area contributed by atoms with Gasteiger partial charge in [0.2, 0.25) is 0 Å². The van der Waals surface area contributed by atoms with Crippen LogP contribution in [0.2, 0.25) is 0 Å². The van der Waals surface area contributed by atoms with Crippen LogP contribution in [0.25, 0.3) is 12.2 Å². The molecule has 2 aliphatic rings. The van der Waals surface area contributed by atoms with Crippen LogP contribution in [-0.4, -0.2) is 5.49 Å². The van der Waals surface area contributed by atoms with Gasteiger partial charge in [-0.3, -0.25) is 0 Å². The summed E-state index contributed by atoms with van der Waals surface area (Å²) in [4.78, 5) is 0. The average molecular weight is 773 g/mol. The summed E-state index contributed by atoms with van der Waals surface area (Å²) < 4.78 is 3.06. The fraction of sp³-hybridized carbons (Fsp3) is 0.0909. The van der Waals surface area contributed by atoms with Crippen molar-refractivity contribution in [2.24, 2.45) is 0 Å². The van der Waals surface area contributed by atoms with Gasteiger partial charge in [-0.1, -0.05) is 0 Å². The summed E-state index contributed by atoms with van der Waals surface area (Å²) >= 11 is -4.86. The van der Waals surface area contributed by atoms with Crippen LogP contribution in [0, 0.1) is 0 Å². The van der Waals surface area contributed by atoms with E-state index in [9.17, 15) is 0 Å². The molecule has 0 nitrogen and oxygen atoms in total. The SMILES string of the molecule is C1=C[CH]([Hf]([CH2]c2ccccc2)([CH2]c2ccccc2)([CH]2C=Cc3ccccc32)=[Si](c2ccccc2)c2ccccc2)c2ccccc21. The van der Waals surface area contributed by atoms with Gasteiger partial charge in [0.1, 0.15) is 0 Å². The minimum absolute atomic E-state index is 0.378. The van der Waals surface area contributed by atoms with E-state index < -0.39 is 22.6 Å². The Bertz CT molecular complexity index is 1970. The average Bonchev–Trinajstić information content (AvgIpc) is 3.77.